The molecule has 1 unspecified atom stereocenters. The maximum absolute atomic E-state index is 14.3. The predicted molar refractivity (Wildman–Crippen MR) is 135 cm³/mol. The number of hydrogen-bond acceptors (Lipinski definition) is 4. The second-order valence-corrected chi connectivity index (χ2v) is 9.00. The maximum atomic E-state index is 14.3. The van der Waals surface area contributed by atoms with Crippen LogP contribution in [0.4, 0.5) is 15.8 Å². The molecule has 0 bridgehead atoms. The van der Waals surface area contributed by atoms with Crippen LogP contribution in [-0.2, 0) is 11.2 Å². The van der Waals surface area contributed by atoms with Crippen molar-refractivity contribution >= 4 is 23.2 Å². The van der Waals surface area contributed by atoms with Gasteiger partial charge >= 0.3 is 0 Å². The zero-order valence-electron chi connectivity index (χ0n) is 19.6. The Morgan fingerprint density at radius 2 is 1.53 bits per heavy atom. The van der Waals surface area contributed by atoms with Crippen molar-refractivity contribution in [1.29, 1.82) is 0 Å². The summed E-state index contributed by atoms with van der Waals surface area (Å²) in [6.45, 7) is 6.79. The third-order valence-corrected chi connectivity index (χ3v) is 6.75. The molecule has 1 fully saturated rings. The highest BCUT2D eigenvalue weighted by atomic mass is 19.1. The molecular formula is C28H29FN4O. The molecule has 0 radical (unpaired) electrons. The van der Waals surface area contributed by atoms with Gasteiger partial charge in [0.25, 0.3) is 5.91 Å². The van der Waals surface area contributed by atoms with E-state index in [1.807, 2.05) is 48.5 Å². The highest BCUT2D eigenvalue weighted by Crippen LogP contribution is 2.28. The van der Waals surface area contributed by atoms with E-state index in [-0.39, 0.29) is 11.7 Å². The fourth-order valence-electron chi connectivity index (χ4n) is 4.66. The topological polar surface area (TPSA) is 39.2 Å². The van der Waals surface area contributed by atoms with Crippen molar-refractivity contribution in [1.82, 2.24) is 4.90 Å². The first-order valence-corrected chi connectivity index (χ1v) is 11.8. The van der Waals surface area contributed by atoms with Gasteiger partial charge in [0, 0.05) is 32.6 Å². The Kier molecular flexibility index (Phi) is 6.05. The molecule has 0 spiro atoms. The maximum Gasteiger partial charge on any atom is 0.259 e. The summed E-state index contributed by atoms with van der Waals surface area (Å²) in [6, 6.07) is 22.6. The standard InChI is InChI=1S/C28H29FN4O/c1-20-12-13-23(18-21(20)2)33-27(34)25(19-22-8-4-3-5-9-22)30-28(33)32-16-14-31(15-17-32)26-11-7-6-10-24(26)29/h3-13,18,25H,14-17,19H2,1-2H3. The van der Waals surface area contributed by atoms with Gasteiger partial charge in [-0.05, 0) is 54.8 Å². The van der Waals surface area contributed by atoms with E-state index in [4.69, 9.17) is 4.99 Å². The first kappa shape index (κ1) is 22.1. The number of carbonyl (C=O) groups is 1. The van der Waals surface area contributed by atoms with Gasteiger partial charge in [-0.3, -0.25) is 4.79 Å². The van der Waals surface area contributed by atoms with E-state index in [2.05, 4.69) is 35.8 Å². The molecule has 174 valence electrons. The smallest absolute Gasteiger partial charge is 0.259 e. The zero-order valence-corrected chi connectivity index (χ0v) is 19.6. The summed E-state index contributed by atoms with van der Waals surface area (Å²) in [5, 5.41) is 0. The van der Waals surface area contributed by atoms with Gasteiger partial charge in [0.2, 0.25) is 5.96 Å². The van der Waals surface area contributed by atoms with Gasteiger partial charge < -0.3 is 9.80 Å². The van der Waals surface area contributed by atoms with Gasteiger partial charge in [0.1, 0.15) is 11.9 Å². The molecule has 1 saturated heterocycles. The molecule has 5 rings (SSSR count). The normalized spacial score (nSPS) is 18.4. The van der Waals surface area contributed by atoms with Crippen molar-refractivity contribution in [2.75, 3.05) is 36.0 Å². The highest BCUT2D eigenvalue weighted by Gasteiger charge is 2.39. The van der Waals surface area contributed by atoms with Gasteiger partial charge in [-0.1, -0.05) is 48.5 Å². The minimum absolute atomic E-state index is 0.00126. The number of aliphatic imine (C=N–C) groups is 1. The second-order valence-electron chi connectivity index (χ2n) is 9.00. The van der Waals surface area contributed by atoms with E-state index < -0.39 is 6.04 Å². The van der Waals surface area contributed by atoms with Crippen molar-refractivity contribution in [3.05, 3.63) is 95.3 Å². The van der Waals surface area contributed by atoms with Crippen molar-refractivity contribution in [3.63, 3.8) is 0 Å². The van der Waals surface area contributed by atoms with Crippen LogP contribution in [0.5, 0.6) is 0 Å². The van der Waals surface area contributed by atoms with Gasteiger partial charge in [0.15, 0.2) is 0 Å². The first-order chi connectivity index (χ1) is 16.5. The molecule has 5 nitrogen and oxygen atoms in total. The van der Waals surface area contributed by atoms with Crippen LogP contribution in [0.15, 0.2) is 77.8 Å². The van der Waals surface area contributed by atoms with Crippen LogP contribution in [0, 0.1) is 19.7 Å². The van der Waals surface area contributed by atoms with Crippen LogP contribution < -0.4 is 9.80 Å². The SMILES string of the molecule is Cc1ccc(N2C(=O)C(Cc3ccccc3)N=C2N2CCN(c3ccccc3F)CC2)cc1C. The zero-order chi connectivity index (χ0) is 23.7. The highest BCUT2D eigenvalue weighted by molar-refractivity contribution is 6.22. The number of piperazine rings is 1. The Hall–Kier alpha value is -3.67. The molecule has 0 N–H and O–H groups in total. The lowest BCUT2D eigenvalue weighted by molar-refractivity contribution is -0.118. The summed E-state index contributed by atoms with van der Waals surface area (Å²) in [6.07, 6.45) is 0.569. The fourth-order valence-corrected chi connectivity index (χ4v) is 4.66. The third-order valence-electron chi connectivity index (χ3n) is 6.75. The molecule has 1 amide bonds. The molecule has 0 aromatic heterocycles. The van der Waals surface area contributed by atoms with E-state index in [9.17, 15) is 9.18 Å². The van der Waals surface area contributed by atoms with Crippen molar-refractivity contribution in [2.45, 2.75) is 26.3 Å². The minimum atomic E-state index is -0.455. The molecule has 2 aliphatic rings. The Balaban J connectivity index is 1.42. The van der Waals surface area contributed by atoms with Crippen molar-refractivity contribution in [2.24, 2.45) is 4.99 Å². The number of para-hydroxylation sites is 1. The average molecular weight is 457 g/mol. The molecule has 34 heavy (non-hydrogen) atoms. The number of benzene rings is 3. The van der Waals surface area contributed by atoms with E-state index in [0.717, 1.165) is 16.8 Å². The van der Waals surface area contributed by atoms with E-state index >= 15 is 0 Å². The first-order valence-electron chi connectivity index (χ1n) is 11.8. The van der Waals surface area contributed by atoms with E-state index in [1.54, 1.807) is 11.0 Å². The number of carbonyl (C=O) groups excluding carboxylic acids is 1. The van der Waals surface area contributed by atoms with E-state index in [0.29, 0.717) is 44.2 Å². The summed E-state index contributed by atoms with van der Waals surface area (Å²) < 4.78 is 14.3. The van der Waals surface area contributed by atoms with Gasteiger partial charge in [-0.15, -0.1) is 0 Å². The lowest BCUT2D eigenvalue weighted by Crippen LogP contribution is -2.53. The predicted octanol–water partition coefficient (Wildman–Crippen LogP) is 4.58. The van der Waals surface area contributed by atoms with E-state index in [1.165, 1.54) is 11.6 Å². The Labute approximate surface area is 200 Å². The molecule has 2 heterocycles. The third kappa shape index (κ3) is 4.28. The van der Waals surface area contributed by atoms with Crippen LogP contribution in [0.2, 0.25) is 0 Å². The van der Waals surface area contributed by atoms with Gasteiger partial charge in [0.05, 0.1) is 11.4 Å². The Morgan fingerprint density at radius 1 is 0.853 bits per heavy atom. The Bertz CT molecular complexity index is 1220. The molecule has 1 atom stereocenters. The number of anilines is 2. The largest absolute Gasteiger partial charge is 0.366 e. The number of nitrogens with zero attached hydrogens (tertiary/aromatic N) is 4. The lowest BCUT2D eigenvalue weighted by atomic mass is 10.1. The summed E-state index contributed by atoms with van der Waals surface area (Å²) in [5.74, 6) is 0.491. The van der Waals surface area contributed by atoms with Gasteiger partial charge in [-0.2, -0.15) is 0 Å². The second kappa shape index (κ2) is 9.29. The molecule has 6 heteroatoms. The molecule has 0 saturated carbocycles. The molecule has 2 aliphatic heterocycles. The summed E-state index contributed by atoms with van der Waals surface area (Å²) >= 11 is 0. The number of amides is 1. The lowest BCUT2D eigenvalue weighted by Gasteiger charge is -2.38. The van der Waals surface area contributed by atoms with Crippen LogP contribution in [0.3, 0.4) is 0 Å². The quantitative estimate of drug-likeness (QED) is 0.577. The number of aryl methyl sites for hydroxylation is 2. The van der Waals surface area contributed by atoms with Crippen LogP contribution in [0.25, 0.3) is 0 Å². The summed E-state index contributed by atoms with van der Waals surface area (Å²) in [5.41, 5.74) is 4.89. The van der Waals surface area contributed by atoms with Gasteiger partial charge in [-0.25, -0.2) is 14.3 Å². The molecule has 0 aliphatic carbocycles. The van der Waals surface area contributed by atoms with Crippen LogP contribution in [0.1, 0.15) is 16.7 Å². The molecule has 3 aromatic carbocycles. The number of hydrogen-bond donors (Lipinski definition) is 0. The molecular weight excluding hydrogens is 427 g/mol. The molecule has 3 aromatic rings. The summed E-state index contributed by atoms with van der Waals surface area (Å²) in [7, 11) is 0. The monoisotopic (exact) mass is 456 g/mol. The average Bonchev–Trinajstić information content (AvgIpc) is 3.18. The van der Waals surface area contributed by atoms with Crippen molar-refractivity contribution in [3.8, 4) is 0 Å². The van der Waals surface area contributed by atoms with Crippen LogP contribution >= 0.6 is 0 Å². The summed E-state index contributed by atoms with van der Waals surface area (Å²) in [4.78, 5) is 24.6. The van der Waals surface area contributed by atoms with Crippen molar-refractivity contribution < 1.29 is 9.18 Å². The number of halogens is 1. The fraction of sp³-hybridized carbons (Fsp3) is 0.286. The number of rotatable bonds is 4. The van der Waals surface area contributed by atoms with Crippen LogP contribution in [-0.4, -0.2) is 49.0 Å². The Morgan fingerprint density at radius 3 is 2.24 bits per heavy atom. The minimum Gasteiger partial charge on any atom is -0.366 e. The number of guanidine groups is 1.